The van der Waals surface area contributed by atoms with Gasteiger partial charge in [-0.2, -0.15) is 0 Å². The van der Waals surface area contributed by atoms with Gasteiger partial charge in [0.15, 0.2) is 0 Å². The average molecular weight is 278 g/mol. The van der Waals surface area contributed by atoms with E-state index in [2.05, 4.69) is 31.2 Å². The second kappa shape index (κ2) is 4.85. The number of anilines is 1. The summed E-state index contributed by atoms with van der Waals surface area (Å²) in [6.07, 6.45) is 3.18. The number of nitrogens with one attached hydrogen (secondary N) is 1. The van der Waals surface area contributed by atoms with E-state index in [0.29, 0.717) is 11.5 Å². The highest BCUT2D eigenvalue weighted by Crippen LogP contribution is 2.13. The molecule has 1 amide bonds. The van der Waals surface area contributed by atoms with Gasteiger partial charge >= 0.3 is 0 Å². The van der Waals surface area contributed by atoms with Gasteiger partial charge in [-0.3, -0.25) is 9.78 Å². The molecular weight excluding hydrogens is 270 g/mol. The summed E-state index contributed by atoms with van der Waals surface area (Å²) in [5.41, 5.74) is 0.365. The molecule has 2 rings (SSSR count). The number of amides is 1. The lowest BCUT2D eigenvalue weighted by Gasteiger charge is -2.03. The number of nitrogens with zero attached hydrogens (tertiary/aromatic N) is 2. The van der Waals surface area contributed by atoms with E-state index < -0.39 is 0 Å². The molecule has 2 heterocycles. The van der Waals surface area contributed by atoms with E-state index in [0.717, 1.165) is 4.47 Å². The molecule has 0 unspecified atom stereocenters. The number of pyridine rings is 2. The van der Waals surface area contributed by atoms with Crippen LogP contribution in [0.25, 0.3) is 0 Å². The predicted molar refractivity (Wildman–Crippen MR) is 64.1 cm³/mol. The number of carbonyl (C=O) groups is 1. The van der Waals surface area contributed by atoms with Crippen molar-refractivity contribution in [3.05, 3.63) is 52.9 Å². The zero-order valence-corrected chi connectivity index (χ0v) is 9.81. The molecule has 0 radical (unpaired) electrons. The number of hydrogen-bond donors (Lipinski definition) is 1. The van der Waals surface area contributed by atoms with E-state index in [4.69, 9.17) is 0 Å². The van der Waals surface area contributed by atoms with Crippen molar-refractivity contribution in [1.29, 1.82) is 0 Å². The van der Waals surface area contributed by atoms with Crippen molar-refractivity contribution in [2.24, 2.45) is 0 Å². The molecule has 0 fully saturated rings. The van der Waals surface area contributed by atoms with E-state index >= 15 is 0 Å². The lowest BCUT2D eigenvalue weighted by Crippen LogP contribution is -2.14. The first-order chi connectivity index (χ1) is 7.75. The number of carbonyl (C=O) groups excluding carboxylic acids is 1. The van der Waals surface area contributed by atoms with Gasteiger partial charge in [-0.25, -0.2) is 4.98 Å². The molecule has 0 saturated heterocycles. The predicted octanol–water partition coefficient (Wildman–Crippen LogP) is 2.49. The fraction of sp³-hybridized carbons (Fsp3) is 0. The Labute approximate surface area is 101 Å². The molecule has 0 aliphatic heterocycles. The molecule has 4 nitrogen and oxygen atoms in total. The van der Waals surface area contributed by atoms with Crippen LogP contribution in [0.15, 0.2) is 47.2 Å². The van der Waals surface area contributed by atoms with Gasteiger partial charge in [0, 0.05) is 16.9 Å². The third-order valence-corrected chi connectivity index (χ3v) is 2.35. The van der Waals surface area contributed by atoms with Gasteiger partial charge in [-0.1, -0.05) is 22.0 Å². The zero-order valence-electron chi connectivity index (χ0n) is 8.22. The number of rotatable bonds is 2. The molecule has 2 aromatic heterocycles. The van der Waals surface area contributed by atoms with Gasteiger partial charge in [0.2, 0.25) is 0 Å². The first-order valence-corrected chi connectivity index (χ1v) is 5.39. The largest absolute Gasteiger partial charge is 0.305 e. The van der Waals surface area contributed by atoms with Crippen molar-refractivity contribution in [3.8, 4) is 0 Å². The minimum Gasteiger partial charge on any atom is -0.305 e. The molecular formula is C11H8BrN3O. The number of hydrogen-bond acceptors (Lipinski definition) is 3. The van der Waals surface area contributed by atoms with Gasteiger partial charge in [0.25, 0.3) is 5.91 Å². The summed E-state index contributed by atoms with van der Waals surface area (Å²) in [6, 6.07) is 8.68. The summed E-state index contributed by atoms with van der Waals surface area (Å²) in [4.78, 5) is 19.7. The zero-order chi connectivity index (χ0) is 11.4. The molecule has 0 aromatic carbocycles. The normalized spacial score (nSPS) is 9.81. The molecule has 0 aliphatic rings. The summed E-state index contributed by atoms with van der Waals surface area (Å²) in [7, 11) is 0. The quantitative estimate of drug-likeness (QED) is 0.918. The first kappa shape index (κ1) is 10.8. The minimum absolute atomic E-state index is 0.272. The van der Waals surface area contributed by atoms with Crippen LogP contribution < -0.4 is 5.32 Å². The molecule has 2 aromatic rings. The standard InChI is InChI=1S/C11H8BrN3O/c12-8-4-6-14-10(7-8)15-11(16)9-3-1-2-5-13-9/h1-7H,(H,14,15,16). The van der Waals surface area contributed by atoms with Crippen molar-refractivity contribution in [1.82, 2.24) is 9.97 Å². The van der Waals surface area contributed by atoms with Crippen LogP contribution in [0, 0.1) is 0 Å². The summed E-state index contributed by atoms with van der Waals surface area (Å²) in [6.45, 7) is 0. The Bertz CT molecular complexity index is 502. The van der Waals surface area contributed by atoms with Gasteiger partial charge in [-0.15, -0.1) is 0 Å². The minimum atomic E-state index is -0.272. The van der Waals surface area contributed by atoms with Crippen molar-refractivity contribution >= 4 is 27.7 Å². The van der Waals surface area contributed by atoms with Crippen molar-refractivity contribution in [3.63, 3.8) is 0 Å². The summed E-state index contributed by atoms with van der Waals surface area (Å²) in [5, 5.41) is 2.66. The number of halogens is 1. The molecule has 80 valence electrons. The Hall–Kier alpha value is -1.75. The first-order valence-electron chi connectivity index (χ1n) is 4.59. The Balaban J connectivity index is 2.14. The Morgan fingerprint density at radius 3 is 2.75 bits per heavy atom. The summed E-state index contributed by atoms with van der Waals surface area (Å²) in [5.74, 6) is 0.219. The molecule has 0 bridgehead atoms. The molecule has 0 aliphatic carbocycles. The highest BCUT2D eigenvalue weighted by Gasteiger charge is 2.06. The van der Waals surface area contributed by atoms with Gasteiger partial charge in [0.05, 0.1) is 0 Å². The highest BCUT2D eigenvalue weighted by molar-refractivity contribution is 9.10. The van der Waals surface area contributed by atoms with E-state index in [1.807, 2.05) is 0 Å². The van der Waals surface area contributed by atoms with E-state index in [1.54, 1.807) is 42.7 Å². The van der Waals surface area contributed by atoms with Crippen LogP contribution in [0.4, 0.5) is 5.82 Å². The molecule has 1 N–H and O–H groups in total. The van der Waals surface area contributed by atoms with Gasteiger partial charge in [-0.05, 0) is 24.3 Å². The van der Waals surface area contributed by atoms with Gasteiger partial charge < -0.3 is 5.32 Å². The third-order valence-electron chi connectivity index (χ3n) is 1.86. The Kier molecular flexibility index (Phi) is 3.26. The molecule has 0 saturated carbocycles. The maximum atomic E-state index is 11.7. The fourth-order valence-corrected chi connectivity index (χ4v) is 1.49. The van der Waals surface area contributed by atoms with E-state index in [1.165, 1.54) is 0 Å². The summed E-state index contributed by atoms with van der Waals surface area (Å²) < 4.78 is 0.860. The van der Waals surface area contributed by atoms with Crippen LogP contribution in [-0.4, -0.2) is 15.9 Å². The SMILES string of the molecule is O=C(Nc1cc(Br)ccn1)c1ccccn1. The lowest BCUT2D eigenvalue weighted by molar-refractivity contribution is 0.102. The highest BCUT2D eigenvalue weighted by atomic mass is 79.9. The maximum absolute atomic E-state index is 11.7. The Morgan fingerprint density at radius 1 is 1.19 bits per heavy atom. The molecule has 0 atom stereocenters. The lowest BCUT2D eigenvalue weighted by atomic mass is 10.3. The van der Waals surface area contributed by atoms with Crippen molar-refractivity contribution in [2.75, 3.05) is 5.32 Å². The second-order valence-electron chi connectivity index (χ2n) is 3.03. The second-order valence-corrected chi connectivity index (χ2v) is 3.94. The fourth-order valence-electron chi connectivity index (χ4n) is 1.15. The summed E-state index contributed by atoms with van der Waals surface area (Å²) >= 11 is 3.30. The van der Waals surface area contributed by atoms with Crippen molar-refractivity contribution < 1.29 is 4.79 Å². The number of aromatic nitrogens is 2. The average Bonchev–Trinajstić information content (AvgIpc) is 2.30. The molecule has 0 spiro atoms. The third kappa shape index (κ3) is 2.64. The Morgan fingerprint density at radius 2 is 2.06 bits per heavy atom. The van der Waals surface area contributed by atoms with E-state index in [-0.39, 0.29) is 5.91 Å². The maximum Gasteiger partial charge on any atom is 0.275 e. The van der Waals surface area contributed by atoms with Crippen molar-refractivity contribution in [2.45, 2.75) is 0 Å². The molecule has 5 heteroatoms. The van der Waals surface area contributed by atoms with Crippen LogP contribution in [0.1, 0.15) is 10.5 Å². The van der Waals surface area contributed by atoms with Crippen LogP contribution in [0.5, 0.6) is 0 Å². The molecule has 16 heavy (non-hydrogen) atoms. The van der Waals surface area contributed by atoms with Gasteiger partial charge in [0.1, 0.15) is 11.5 Å². The topological polar surface area (TPSA) is 54.9 Å². The van der Waals surface area contributed by atoms with Crippen LogP contribution >= 0.6 is 15.9 Å². The van der Waals surface area contributed by atoms with Crippen LogP contribution in [0.2, 0.25) is 0 Å². The van der Waals surface area contributed by atoms with Crippen LogP contribution in [0.3, 0.4) is 0 Å². The van der Waals surface area contributed by atoms with E-state index in [9.17, 15) is 4.79 Å². The monoisotopic (exact) mass is 277 g/mol. The van der Waals surface area contributed by atoms with Crippen LogP contribution in [-0.2, 0) is 0 Å². The smallest absolute Gasteiger partial charge is 0.275 e.